The van der Waals surface area contributed by atoms with E-state index in [1.54, 1.807) is 13.2 Å². The number of methoxy groups -OCH3 is 1. The van der Waals surface area contributed by atoms with E-state index in [-0.39, 0.29) is 11.5 Å². The Hall–Kier alpha value is -2.62. The summed E-state index contributed by atoms with van der Waals surface area (Å²) in [6.45, 7) is 1.50. The minimum Gasteiger partial charge on any atom is -0.489 e. The highest BCUT2D eigenvalue weighted by molar-refractivity contribution is 9.10. The van der Waals surface area contributed by atoms with Crippen LogP contribution in [0.4, 0.5) is 0 Å². The number of nitrogens with one attached hydrogen (secondary N) is 1. The zero-order valence-electron chi connectivity index (χ0n) is 15.1. The van der Waals surface area contributed by atoms with Crippen molar-refractivity contribution in [3.05, 3.63) is 69.7 Å². The summed E-state index contributed by atoms with van der Waals surface area (Å²) in [6.07, 6.45) is 2.26. The van der Waals surface area contributed by atoms with Crippen LogP contribution in [0.1, 0.15) is 17.5 Å². The first-order chi connectivity index (χ1) is 13.1. The Balaban J connectivity index is 1.92. The molecule has 0 fully saturated rings. The minimum atomic E-state index is -0.385. The minimum absolute atomic E-state index is 0.0657. The maximum absolute atomic E-state index is 12.0. The molecule has 2 aromatic carbocycles. The second-order valence-corrected chi connectivity index (χ2v) is 6.67. The van der Waals surface area contributed by atoms with Crippen LogP contribution in [0.15, 0.2) is 58.6 Å². The fourth-order valence-electron chi connectivity index (χ4n) is 2.24. The molecule has 1 N–H and O–H groups in total. The quantitative estimate of drug-likeness (QED) is 0.370. The van der Waals surface area contributed by atoms with E-state index in [9.17, 15) is 10.1 Å². The standard InChI is InChI=1S/C21H21BrN2O3/c1-26-12-2-11-24-21(25)18(14-23)13-16-5-9-20(10-6-16)27-15-17-3-7-19(22)8-4-17/h3-10,13H,2,11-12,15H2,1H3,(H,24,25)/b18-13+. The van der Waals surface area contributed by atoms with E-state index in [1.807, 2.05) is 54.6 Å². The van der Waals surface area contributed by atoms with E-state index in [0.717, 1.165) is 21.3 Å². The van der Waals surface area contributed by atoms with Gasteiger partial charge >= 0.3 is 0 Å². The molecule has 0 radical (unpaired) electrons. The van der Waals surface area contributed by atoms with Gasteiger partial charge in [-0.1, -0.05) is 40.2 Å². The van der Waals surface area contributed by atoms with Crippen LogP contribution in [0.25, 0.3) is 6.08 Å². The molecule has 27 heavy (non-hydrogen) atoms. The van der Waals surface area contributed by atoms with Crippen molar-refractivity contribution in [3.8, 4) is 11.8 Å². The maximum Gasteiger partial charge on any atom is 0.261 e. The highest BCUT2D eigenvalue weighted by atomic mass is 79.9. The van der Waals surface area contributed by atoms with Gasteiger partial charge in [-0.05, 0) is 47.9 Å². The van der Waals surface area contributed by atoms with Crippen molar-refractivity contribution in [2.75, 3.05) is 20.3 Å². The summed E-state index contributed by atoms with van der Waals surface area (Å²) >= 11 is 3.40. The number of amides is 1. The van der Waals surface area contributed by atoms with Gasteiger partial charge in [-0.3, -0.25) is 4.79 Å². The first-order valence-corrected chi connectivity index (χ1v) is 9.28. The van der Waals surface area contributed by atoms with Gasteiger partial charge in [0.15, 0.2) is 0 Å². The molecule has 0 aliphatic carbocycles. The number of rotatable bonds is 9. The Kier molecular flexibility index (Phi) is 8.56. The van der Waals surface area contributed by atoms with Gasteiger partial charge in [-0.2, -0.15) is 5.26 Å². The molecule has 6 heteroatoms. The summed E-state index contributed by atoms with van der Waals surface area (Å²) in [5.41, 5.74) is 1.89. The van der Waals surface area contributed by atoms with Crippen LogP contribution < -0.4 is 10.1 Å². The summed E-state index contributed by atoms with van der Waals surface area (Å²) in [5, 5.41) is 11.9. The first kappa shape index (κ1) is 20.7. The highest BCUT2D eigenvalue weighted by Crippen LogP contribution is 2.17. The fourth-order valence-corrected chi connectivity index (χ4v) is 2.50. The molecular formula is C21H21BrN2O3. The average Bonchev–Trinajstić information content (AvgIpc) is 2.69. The third-order valence-corrected chi connectivity index (χ3v) is 4.21. The summed E-state index contributed by atoms with van der Waals surface area (Å²) in [6, 6.07) is 17.1. The zero-order valence-corrected chi connectivity index (χ0v) is 16.7. The van der Waals surface area contributed by atoms with E-state index >= 15 is 0 Å². The molecular weight excluding hydrogens is 408 g/mol. The smallest absolute Gasteiger partial charge is 0.261 e. The van der Waals surface area contributed by atoms with E-state index in [1.165, 1.54) is 0 Å². The summed E-state index contributed by atoms with van der Waals surface area (Å²) in [7, 11) is 1.61. The molecule has 5 nitrogen and oxygen atoms in total. The Labute approximate surface area is 167 Å². The monoisotopic (exact) mass is 428 g/mol. The molecule has 2 aromatic rings. The normalized spacial score (nSPS) is 10.9. The van der Waals surface area contributed by atoms with Crippen LogP contribution in [0, 0.1) is 11.3 Å². The topological polar surface area (TPSA) is 71.3 Å². The number of nitriles is 1. The molecule has 2 rings (SSSR count). The third kappa shape index (κ3) is 7.26. The van der Waals surface area contributed by atoms with Gasteiger partial charge in [0, 0.05) is 24.7 Å². The molecule has 0 saturated carbocycles. The number of ether oxygens (including phenoxy) is 2. The van der Waals surface area contributed by atoms with Crippen molar-refractivity contribution in [1.82, 2.24) is 5.32 Å². The van der Waals surface area contributed by atoms with Gasteiger partial charge in [-0.25, -0.2) is 0 Å². The van der Waals surface area contributed by atoms with Crippen LogP contribution >= 0.6 is 15.9 Å². The molecule has 0 atom stereocenters. The molecule has 0 spiro atoms. The molecule has 1 amide bonds. The van der Waals surface area contributed by atoms with Crippen molar-refractivity contribution in [2.24, 2.45) is 0 Å². The zero-order chi connectivity index (χ0) is 19.5. The Morgan fingerprint density at radius 3 is 2.52 bits per heavy atom. The molecule has 0 aliphatic rings. The summed E-state index contributed by atoms with van der Waals surface area (Å²) in [5.74, 6) is 0.335. The number of hydrogen-bond acceptors (Lipinski definition) is 4. The highest BCUT2D eigenvalue weighted by Gasteiger charge is 2.08. The van der Waals surface area contributed by atoms with Gasteiger partial charge in [-0.15, -0.1) is 0 Å². The van der Waals surface area contributed by atoms with E-state index in [4.69, 9.17) is 9.47 Å². The van der Waals surface area contributed by atoms with Gasteiger partial charge in [0.25, 0.3) is 5.91 Å². The maximum atomic E-state index is 12.0. The number of hydrogen-bond donors (Lipinski definition) is 1. The van der Waals surface area contributed by atoms with Crippen molar-refractivity contribution in [3.63, 3.8) is 0 Å². The van der Waals surface area contributed by atoms with E-state index in [0.29, 0.717) is 26.2 Å². The average molecular weight is 429 g/mol. The predicted octanol–water partition coefficient (Wildman–Crippen LogP) is 4.09. The fraction of sp³-hybridized carbons (Fsp3) is 0.238. The van der Waals surface area contributed by atoms with E-state index < -0.39 is 0 Å². The van der Waals surface area contributed by atoms with Gasteiger partial charge < -0.3 is 14.8 Å². The lowest BCUT2D eigenvalue weighted by atomic mass is 10.1. The lowest BCUT2D eigenvalue weighted by molar-refractivity contribution is -0.117. The largest absolute Gasteiger partial charge is 0.489 e. The first-order valence-electron chi connectivity index (χ1n) is 8.48. The number of halogens is 1. The van der Waals surface area contributed by atoms with Gasteiger partial charge in [0.2, 0.25) is 0 Å². The Morgan fingerprint density at radius 1 is 1.19 bits per heavy atom. The van der Waals surface area contributed by atoms with Gasteiger partial charge in [0.1, 0.15) is 24.0 Å². The second kappa shape index (κ2) is 11.2. The number of nitrogens with zero attached hydrogens (tertiary/aromatic N) is 1. The molecule has 0 bridgehead atoms. The van der Waals surface area contributed by atoms with Gasteiger partial charge in [0.05, 0.1) is 0 Å². The molecule has 0 aliphatic heterocycles. The molecule has 0 unspecified atom stereocenters. The molecule has 0 heterocycles. The number of benzene rings is 2. The predicted molar refractivity (Wildman–Crippen MR) is 108 cm³/mol. The van der Waals surface area contributed by atoms with Crippen molar-refractivity contribution in [1.29, 1.82) is 5.26 Å². The lowest BCUT2D eigenvalue weighted by Crippen LogP contribution is -2.26. The van der Waals surface area contributed by atoms with E-state index in [2.05, 4.69) is 21.2 Å². The summed E-state index contributed by atoms with van der Waals surface area (Å²) in [4.78, 5) is 12.0. The van der Waals surface area contributed by atoms with Crippen LogP contribution in [0.2, 0.25) is 0 Å². The Bertz CT molecular complexity index is 809. The van der Waals surface area contributed by atoms with Crippen molar-refractivity contribution < 1.29 is 14.3 Å². The summed E-state index contributed by atoms with van der Waals surface area (Å²) < 4.78 is 11.7. The number of carbonyl (C=O) groups is 1. The van der Waals surface area contributed by atoms with Crippen LogP contribution in [0.5, 0.6) is 5.75 Å². The number of carbonyl (C=O) groups excluding carboxylic acids is 1. The molecule has 0 saturated heterocycles. The van der Waals surface area contributed by atoms with Crippen LogP contribution in [-0.2, 0) is 16.1 Å². The van der Waals surface area contributed by atoms with Crippen LogP contribution in [0.3, 0.4) is 0 Å². The lowest BCUT2D eigenvalue weighted by Gasteiger charge is -2.07. The van der Waals surface area contributed by atoms with Crippen molar-refractivity contribution >= 4 is 27.9 Å². The van der Waals surface area contributed by atoms with Crippen LogP contribution in [-0.4, -0.2) is 26.2 Å². The SMILES string of the molecule is COCCCNC(=O)/C(C#N)=C/c1ccc(OCc2ccc(Br)cc2)cc1. The molecule has 0 aromatic heterocycles. The molecule has 140 valence electrons. The third-order valence-electron chi connectivity index (χ3n) is 3.69. The van der Waals surface area contributed by atoms with Crippen molar-refractivity contribution in [2.45, 2.75) is 13.0 Å². The Morgan fingerprint density at radius 2 is 1.89 bits per heavy atom. The second-order valence-electron chi connectivity index (χ2n) is 5.76.